The van der Waals surface area contributed by atoms with Gasteiger partial charge < -0.3 is 9.80 Å². The Kier molecular flexibility index (Phi) is 9.89. The number of anilines is 6. The predicted octanol–water partition coefficient (Wildman–Crippen LogP) is 18.2. The Bertz CT molecular complexity index is 3160. The number of benzene rings is 12. The average Bonchev–Trinajstić information content (AvgIpc) is 3.40. The standard InChI is InChI=1S/C64H44N2/c1-5-13-45(14-6-1)49-21-33-55(34-22-49)65(56-35-23-50(24-36-56)46-15-7-2-8-16-46)61-43-31-53-30-42-60-62(44-32-54-29-41-59(61)63(53)64(54)60)66(57-37-25-51(26-38-57)47-17-9-3-10-18-47)58-39-27-52(28-40-58)48-19-11-4-12-20-48/h1-44H. The third-order valence-electron chi connectivity index (χ3n) is 13.0. The second-order valence-corrected chi connectivity index (χ2v) is 16.9. The van der Waals surface area contributed by atoms with Gasteiger partial charge >= 0.3 is 0 Å². The lowest BCUT2D eigenvalue weighted by Crippen LogP contribution is -2.11. The lowest BCUT2D eigenvalue weighted by molar-refractivity contribution is 1.30. The quantitative estimate of drug-likeness (QED) is 0.127. The fourth-order valence-corrected chi connectivity index (χ4v) is 9.75. The molecule has 12 aromatic carbocycles. The molecule has 0 N–H and O–H groups in total. The van der Waals surface area contributed by atoms with E-state index in [1.54, 1.807) is 0 Å². The van der Waals surface area contributed by atoms with Crippen molar-refractivity contribution in [2.75, 3.05) is 9.80 Å². The fraction of sp³-hybridized carbons (Fsp3) is 0. The molecule has 310 valence electrons. The molecule has 0 atom stereocenters. The molecule has 0 saturated carbocycles. The van der Waals surface area contributed by atoms with E-state index >= 15 is 0 Å². The average molecular weight is 841 g/mol. The minimum absolute atomic E-state index is 1.10. The Morgan fingerprint density at radius 3 is 0.667 bits per heavy atom. The molecule has 0 spiro atoms. The van der Waals surface area contributed by atoms with Crippen LogP contribution in [0.3, 0.4) is 0 Å². The first-order chi connectivity index (χ1) is 32.7. The van der Waals surface area contributed by atoms with E-state index in [1.807, 2.05) is 0 Å². The van der Waals surface area contributed by atoms with Crippen molar-refractivity contribution in [3.63, 3.8) is 0 Å². The van der Waals surface area contributed by atoms with Crippen LogP contribution in [-0.2, 0) is 0 Å². The van der Waals surface area contributed by atoms with Crippen molar-refractivity contribution in [2.24, 2.45) is 0 Å². The van der Waals surface area contributed by atoms with Crippen LogP contribution >= 0.6 is 0 Å². The molecule has 0 bridgehead atoms. The summed E-state index contributed by atoms with van der Waals surface area (Å²) in [5.74, 6) is 0. The van der Waals surface area contributed by atoms with Crippen LogP contribution in [0.4, 0.5) is 34.1 Å². The zero-order chi connectivity index (χ0) is 43.8. The van der Waals surface area contributed by atoms with Gasteiger partial charge in [0.25, 0.3) is 0 Å². The number of hydrogen-bond donors (Lipinski definition) is 0. The highest BCUT2D eigenvalue weighted by Crippen LogP contribution is 2.48. The van der Waals surface area contributed by atoms with Crippen LogP contribution in [0.15, 0.2) is 267 Å². The maximum absolute atomic E-state index is 2.42. The first kappa shape index (κ1) is 38.9. The summed E-state index contributed by atoms with van der Waals surface area (Å²) in [6.07, 6.45) is 0. The van der Waals surface area contributed by atoms with Crippen LogP contribution in [0.1, 0.15) is 0 Å². The van der Waals surface area contributed by atoms with Crippen molar-refractivity contribution >= 4 is 66.4 Å². The Balaban J connectivity index is 1.03. The number of nitrogens with zero attached hydrogens (tertiary/aromatic N) is 2. The summed E-state index contributed by atoms with van der Waals surface area (Å²) in [5, 5.41) is 7.36. The molecule has 0 heterocycles. The van der Waals surface area contributed by atoms with Gasteiger partial charge in [-0.15, -0.1) is 0 Å². The second-order valence-electron chi connectivity index (χ2n) is 16.9. The first-order valence-corrected chi connectivity index (χ1v) is 22.7. The molecule has 0 aliphatic heterocycles. The summed E-state index contributed by atoms with van der Waals surface area (Å²) < 4.78 is 0. The van der Waals surface area contributed by atoms with E-state index in [0.29, 0.717) is 0 Å². The minimum atomic E-state index is 1.10. The summed E-state index contributed by atoms with van der Waals surface area (Å²) in [6.45, 7) is 0. The fourth-order valence-electron chi connectivity index (χ4n) is 9.75. The molecule has 0 saturated heterocycles. The van der Waals surface area contributed by atoms with Gasteiger partial charge in [0.05, 0.1) is 11.4 Å². The Hall–Kier alpha value is -8.72. The Labute approximate surface area is 385 Å². The lowest BCUT2D eigenvalue weighted by Gasteiger charge is -2.29. The van der Waals surface area contributed by atoms with Crippen molar-refractivity contribution < 1.29 is 0 Å². The van der Waals surface area contributed by atoms with Crippen molar-refractivity contribution in [1.29, 1.82) is 0 Å². The molecule has 0 fully saturated rings. The van der Waals surface area contributed by atoms with E-state index in [9.17, 15) is 0 Å². The summed E-state index contributed by atoms with van der Waals surface area (Å²) in [5.41, 5.74) is 16.2. The van der Waals surface area contributed by atoms with Crippen molar-refractivity contribution in [3.05, 3.63) is 267 Å². The van der Waals surface area contributed by atoms with Gasteiger partial charge in [0, 0.05) is 33.5 Å². The van der Waals surface area contributed by atoms with Gasteiger partial charge in [-0.2, -0.15) is 0 Å². The summed E-state index contributed by atoms with van der Waals surface area (Å²) in [4.78, 5) is 4.84. The Morgan fingerprint density at radius 2 is 0.409 bits per heavy atom. The van der Waals surface area contributed by atoms with Gasteiger partial charge in [-0.25, -0.2) is 0 Å². The highest BCUT2D eigenvalue weighted by Gasteiger charge is 2.22. The molecule has 0 radical (unpaired) electrons. The molecule has 0 unspecified atom stereocenters. The van der Waals surface area contributed by atoms with E-state index in [4.69, 9.17) is 0 Å². The van der Waals surface area contributed by atoms with Crippen LogP contribution in [0, 0.1) is 0 Å². The smallest absolute Gasteiger partial charge is 0.0540 e. The van der Waals surface area contributed by atoms with Crippen LogP contribution in [-0.4, -0.2) is 0 Å². The third-order valence-corrected chi connectivity index (χ3v) is 13.0. The molecule has 2 heteroatoms. The molecule has 0 amide bonds. The van der Waals surface area contributed by atoms with Gasteiger partial charge in [0.15, 0.2) is 0 Å². The van der Waals surface area contributed by atoms with Crippen LogP contribution in [0.2, 0.25) is 0 Å². The van der Waals surface area contributed by atoms with Gasteiger partial charge in [0.2, 0.25) is 0 Å². The monoisotopic (exact) mass is 840 g/mol. The highest BCUT2D eigenvalue weighted by molar-refractivity contribution is 6.28. The zero-order valence-electron chi connectivity index (χ0n) is 36.3. The van der Waals surface area contributed by atoms with Gasteiger partial charge in [-0.1, -0.05) is 206 Å². The molecule has 12 rings (SSSR count). The van der Waals surface area contributed by atoms with Crippen LogP contribution in [0.5, 0.6) is 0 Å². The van der Waals surface area contributed by atoms with Gasteiger partial charge in [-0.05, 0) is 127 Å². The molecule has 2 nitrogen and oxygen atoms in total. The lowest BCUT2D eigenvalue weighted by atomic mass is 9.91. The molecule has 12 aromatic rings. The van der Waals surface area contributed by atoms with E-state index in [0.717, 1.165) is 34.1 Å². The molecular formula is C64H44N2. The number of hydrogen-bond acceptors (Lipinski definition) is 2. The van der Waals surface area contributed by atoms with Crippen LogP contribution < -0.4 is 9.80 Å². The van der Waals surface area contributed by atoms with Gasteiger partial charge in [0.1, 0.15) is 0 Å². The Morgan fingerprint density at radius 1 is 0.182 bits per heavy atom. The number of rotatable bonds is 10. The van der Waals surface area contributed by atoms with E-state index < -0.39 is 0 Å². The maximum atomic E-state index is 2.42. The molecular weight excluding hydrogens is 797 g/mol. The molecule has 0 aliphatic carbocycles. The van der Waals surface area contributed by atoms with Crippen LogP contribution in [0.25, 0.3) is 76.8 Å². The van der Waals surface area contributed by atoms with E-state index in [1.165, 1.54) is 76.8 Å². The van der Waals surface area contributed by atoms with Gasteiger partial charge in [-0.3, -0.25) is 0 Å². The van der Waals surface area contributed by atoms with Crippen molar-refractivity contribution in [2.45, 2.75) is 0 Å². The zero-order valence-corrected chi connectivity index (χ0v) is 36.3. The molecule has 0 aromatic heterocycles. The second kappa shape index (κ2) is 16.8. The van der Waals surface area contributed by atoms with E-state index in [2.05, 4.69) is 277 Å². The van der Waals surface area contributed by atoms with Crippen molar-refractivity contribution in [1.82, 2.24) is 0 Å². The topological polar surface area (TPSA) is 6.48 Å². The normalized spacial score (nSPS) is 11.3. The maximum Gasteiger partial charge on any atom is 0.0540 e. The van der Waals surface area contributed by atoms with Crippen molar-refractivity contribution in [3.8, 4) is 44.5 Å². The first-order valence-electron chi connectivity index (χ1n) is 22.7. The third kappa shape index (κ3) is 7.12. The SMILES string of the molecule is c1ccc(-c2ccc(N(c3ccc(-c4ccccc4)cc3)c3ccc4ccc5c(N(c6ccc(-c7ccccc7)cc6)c6ccc(-c7ccccc7)cc6)ccc6ccc3c4c65)cc2)cc1. The highest BCUT2D eigenvalue weighted by atomic mass is 15.1. The molecule has 0 aliphatic rings. The molecule has 66 heavy (non-hydrogen) atoms. The largest absolute Gasteiger partial charge is 0.310 e. The summed E-state index contributed by atoms with van der Waals surface area (Å²) in [6, 6.07) is 96.9. The minimum Gasteiger partial charge on any atom is -0.310 e. The predicted molar refractivity (Wildman–Crippen MR) is 281 cm³/mol. The summed E-state index contributed by atoms with van der Waals surface area (Å²) >= 11 is 0. The van der Waals surface area contributed by atoms with E-state index in [-0.39, 0.29) is 0 Å². The summed E-state index contributed by atoms with van der Waals surface area (Å²) in [7, 11) is 0.